The van der Waals surface area contributed by atoms with Gasteiger partial charge in [-0.25, -0.2) is 9.97 Å². The van der Waals surface area contributed by atoms with Gasteiger partial charge in [0.1, 0.15) is 28.8 Å². The normalized spacial score (nSPS) is 15.9. The van der Waals surface area contributed by atoms with Gasteiger partial charge in [-0.15, -0.1) is 11.3 Å². The summed E-state index contributed by atoms with van der Waals surface area (Å²) in [7, 11) is 1.65. The lowest BCUT2D eigenvalue weighted by atomic mass is 10.1. The van der Waals surface area contributed by atoms with Gasteiger partial charge in [-0.1, -0.05) is 12.1 Å². The molecule has 0 bridgehead atoms. The largest absolute Gasteiger partial charge is 0.497 e. The van der Waals surface area contributed by atoms with Crippen molar-refractivity contribution in [2.75, 3.05) is 25.5 Å². The number of benzene rings is 1. The zero-order valence-corrected chi connectivity index (χ0v) is 18.4. The van der Waals surface area contributed by atoms with Gasteiger partial charge in [0.15, 0.2) is 0 Å². The quantitative estimate of drug-likeness (QED) is 0.586. The Bertz CT molecular complexity index is 1110. The number of fused-ring (bicyclic) bond motifs is 1. The van der Waals surface area contributed by atoms with E-state index in [-0.39, 0.29) is 5.91 Å². The van der Waals surface area contributed by atoms with Gasteiger partial charge in [0.05, 0.1) is 17.4 Å². The van der Waals surface area contributed by atoms with Crippen molar-refractivity contribution in [2.45, 2.75) is 32.2 Å². The number of hydrogen-bond donors (Lipinski definition) is 2. The van der Waals surface area contributed by atoms with E-state index in [0.717, 1.165) is 34.4 Å². The topological polar surface area (TPSA) is 110 Å². The van der Waals surface area contributed by atoms with Crippen LogP contribution in [0.5, 0.6) is 5.75 Å². The number of carbonyl (C=O) groups excluding carboxylic acids is 2. The number of rotatable bonds is 7. The third-order valence-corrected chi connectivity index (χ3v) is 6.82. The molecule has 1 aromatic carbocycles. The molecule has 0 saturated carbocycles. The van der Waals surface area contributed by atoms with Gasteiger partial charge >= 0.3 is 0 Å². The van der Waals surface area contributed by atoms with Crippen molar-refractivity contribution in [3.8, 4) is 5.75 Å². The van der Waals surface area contributed by atoms with Crippen molar-refractivity contribution in [1.29, 1.82) is 0 Å². The lowest BCUT2D eigenvalue weighted by Gasteiger charge is -2.21. The first kappa shape index (κ1) is 21.0. The Morgan fingerprint density at radius 2 is 2.06 bits per heavy atom. The highest BCUT2D eigenvalue weighted by molar-refractivity contribution is 7.20. The van der Waals surface area contributed by atoms with Crippen LogP contribution in [0.1, 0.15) is 33.6 Å². The number of nitrogens with one attached hydrogen (secondary N) is 1. The second kappa shape index (κ2) is 8.89. The van der Waals surface area contributed by atoms with Gasteiger partial charge in [-0.3, -0.25) is 9.59 Å². The molecule has 0 aliphatic carbocycles. The number of thiophene rings is 1. The number of primary amides is 1. The average Bonchev–Trinajstić information content (AvgIpc) is 3.39. The summed E-state index contributed by atoms with van der Waals surface area (Å²) in [5, 5.41) is 4.23. The average molecular weight is 440 g/mol. The number of nitrogens with zero attached hydrogens (tertiary/aromatic N) is 3. The molecule has 0 radical (unpaired) electrons. The molecule has 4 rings (SSSR count). The lowest BCUT2D eigenvalue weighted by Crippen LogP contribution is -2.43. The standard InChI is InChI=1S/C22H25N5O3S/c1-13-17-20(24-10-9-14-5-7-15(30-2)8-6-14)25-12-26-21(17)31-18(13)22(29)27-11-3-4-16(27)19(23)28/h5-8,12,16H,3-4,9-11H2,1-2H3,(H2,23,28)(H,24,25,26)/t16-/m0/s1. The first-order valence-electron chi connectivity index (χ1n) is 10.2. The van der Waals surface area contributed by atoms with Gasteiger partial charge < -0.3 is 20.7 Å². The SMILES string of the molecule is COc1ccc(CCNc2ncnc3sc(C(=O)N4CCC[C@H]4C(N)=O)c(C)c23)cc1. The molecule has 1 aliphatic heterocycles. The van der Waals surface area contributed by atoms with Crippen LogP contribution >= 0.6 is 11.3 Å². The molecule has 8 nitrogen and oxygen atoms in total. The van der Waals surface area contributed by atoms with Crippen LogP contribution in [0.15, 0.2) is 30.6 Å². The molecule has 2 aromatic heterocycles. The molecule has 3 heterocycles. The van der Waals surface area contributed by atoms with E-state index in [0.29, 0.717) is 30.2 Å². The minimum Gasteiger partial charge on any atom is -0.497 e. The van der Waals surface area contributed by atoms with E-state index in [1.54, 1.807) is 12.0 Å². The van der Waals surface area contributed by atoms with Crippen LogP contribution in [0, 0.1) is 6.92 Å². The fourth-order valence-electron chi connectivity index (χ4n) is 3.96. The summed E-state index contributed by atoms with van der Waals surface area (Å²) in [5.41, 5.74) is 7.50. The van der Waals surface area contributed by atoms with Crippen LogP contribution in [-0.2, 0) is 11.2 Å². The van der Waals surface area contributed by atoms with E-state index in [2.05, 4.69) is 15.3 Å². The molecule has 1 atom stereocenters. The third-order valence-electron chi connectivity index (χ3n) is 5.63. The number of nitrogens with two attached hydrogens (primary N) is 1. The molecule has 3 N–H and O–H groups in total. The Hall–Kier alpha value is -3.20. The van der Waals surface area contributed by atoms with Crippen LogP contribution in [0.3, 0.4) is 0 Å². The van der Waals surface area contributed by atoms with Crippen molar-refractivity contribution >= 4 is 39.2 Å². The molecule has 0 spiro atoms. The molecular formula is C22H25N5O3S. The van der Waals surface area contributed by atoms with E-state index in [9.17, 15) is 9.59 Å². The lowest BCUT2D eigenvalue weighted by molar-refractivity contribution is -0.121. The van der Waals surface area contributed by atoms with Gasteiger partial charge in [-0.05, 0) is 49.4 Å². The zero-order chi connectivity index (χ0) is 22.0. The van der Waals surface area contributed by atoms with Crippen LogP contribution in [0.25, 0.3) is 10.2 Å². The summed E-state index contributed by atoms with van der Waals surface area (Å²) in [6.45, 7) is 3.13. The second-order valence-corrected chi connectivity index (χ2v) is 8.54. The van der Waals surface area contributed by atoms with E-state index < -0.39 is 11.9 Å². The molecule has 1 aliphatic rings. The summed E-state index contributed by atoms with van der Waals surface area (Å²) >= 11 is 1.33. The highest BCUT2D eigenvalue weighted by Gasteiger charge is 2.35. The Kier molecular flexibility index (Phi) is 6.03. The molecule has 31 heavy (non-hydrogen) atoms. The molecular weight excluding hydrogens is 414 g/mol. The number of ether oxygens (including phenoxy) is 1. The molecule has 162 valence electrons. The van der Waals surface area contributed by atoms with E-state index >= 15 is 0 Å². The summed E-state index contributed by atoms with van der Waals surface area (Å²) < 4.78 is 5.19. The molecule has 0 unspecified atom stereocenters. The Morgan fingerprint density at radius 3 is 2.77 bits per heavy atom. The van der Waals surface area contributed by atoms with Crippen LogP contribution < -0.4 is 15.8 Å². The van der Waals surface area contributed by atoms with Gasteiger partial charge in [0.25, 0.3) is 5.91 Å². The molecule has 3 aromatic rings. The number of aromatic nitrogens is 2. The Labute approximate surface area is 184 Å². The number of likely N-dealkylation sites (tertiary alicyclic amines) is 1. The van der Waals surface area contributed by atoms with E-state index in [1.807, 2.05) is 31.2 Å². The van der Waals surface area contributed by atoms with Crippen molar-refractivity contribution in [1.82, 2.24) is 14.9 Å². The predicted molar refractivity (Wildman–Crippen MR) is 121 cm³/mol. The second-order valence-electron chi connectivity index (χ2n) is 7.54. The van der Waals surface area contributed by atoms with E-state index in [4.69, 9.17) is 10.5 Å². The summed E-state index contributed by atoms with van der Waals surface area (Å²) in [5.74, 6) is 0.923. The van der Waals surface area contributed by atoms with Crippen LogP contribution in [0.2, 0.25) is 0 Å². The fourth-order valence-corrected chi connectivity index (χ4v) is 5.07. The molecule has 9 heteroatoms. The Balaban J connectivity index is 1.53. The summed E-state index contributed by atoms with van der Waals surface area (Å²) in [6, 6.07) is 7.42. The smallest absolute Gasteiger partial charge is 0.264 e. The highest BCUT2D eigenvalue weighted by Crippen LogP contribution is 2.35. The maximum Gasteiger partial charge on any atom is 0.264 e. The zero-order valence-electron chi connectivity index (χ0n) is 17.6. The Morgan fingerprint density at radius 1 is 1.29 bits per heavy atom. The van der Waals surface area contributed by atoms with E-state index in [1.165, 1.54) is 23.2 Å². The number of aryl methyl sites for hydroxylation is 1. The van der Waals surface area contributed by atoms with Crippen molar-refractivity contribution < 1.29 is 14.3 Å². The number of methoxy groups -OCH3 is 1. The molecule has 1 saturated heterocycles. The molecule has 2 amide bonds. The summed E-state index contributed by atoms with van der Waals surface area (Å²) in [4.78, 5) is 36.6. The third kappa shape index (κ3) is 4.18. The first-order valence-corrected chi connectivity index (χ1v) is 11.0. The highest BCUT2D eigenvalue weighted by atomic mass is 32.1. The maximum absolute atomic E-state index is 13.2. The van der Waals surface area contributed by atoms with Crippen LogP contribution in [-0.4, -0.2) is 52.9 Å². The number of amides is 2. The van der Waals surface area contributed by atoms with Crippen LogP contribution in [0.4, 0.5) is 5.82 Å². The molecule has 1 fully saturated rings. The fraction of sp³-hybridized carbons (Fsp3) is 0.364. The van der Waals surface area contributed by atoms with Crippen molar-refractivity contribution in [3.63, 3.8) is 0 Å². The van der Waals surface area contributed by atoms with Gasteiger partial charge in [0, 0.05) is 13.1 Å². The summed E-state index contributed by atoms with van der Waals surface area (Å²) in [6.07, 6.45) is 3.72. The number of hydrogen-bond acceptors (Lipinski definition) is 7. The minimum absolute atomic E-state index is 0.161. The first-order chi connectivity index (χ1) is 15.0. The van der Waals surface area contributed by atoms with Crippen molar-refractivity contribution in [3.05, 3.63) is 46.6 Å². The van der Waals surface area contributed by atoms with Gasteiger partial charge in [0.2, 0.25) is 5.91 Å². The van der Waals surface area contributed by atoms with Crippen molar-refractivity contribution in [2.24, 2.45) is 5.73 Å². The van der Waals surface area contributed by atoms with Gasteiger partial charge in [-0.2, -0.15) is 0 Å². The minimum atomic E-state index is -0.537. The maximum atomic E-state index is 13.2. The monoisotopic (exact) mass is 439 g/mol. The number of anilines is 1. The predicted octanol–water partition coefficient (Wildman–Crippen LogP) is 2.75. The number of carbonyl (C=O) groups is 2.